The Morgan fingerprint density at radius 1 is 1.44 bits per heavy atom. The molecule has 0 saturated heterocycles. The number of nitrogens with zero attached hydrogens (tertiary/aromatic N) is 1. The van der Waals surface area contributed by atoms with E-state index in [0.717, 1.165) is 35.0 Å². The molecule has 1 aromatic heterocycles. The van der Waals surface area contributed by atoms with E-state index in [1.807, 2.05) is 31.2 Å². The Hall–Kier alpha value is -2.10. The summed E-state index contributed by atoms with van der Waals surface area (Å²) in [6.07, 6.45) is 3.70. The molecule has 1 fully saturated rings. The third kappa shape index (κ3) is 2.01. The highest BCUT2D eigenvalue weighted by atomic mass is 16.2. The lowest BCUT2D eigenvalue weighted by Crippen LogP contribution is -2.18. The van der Waals surface area contributed by atoms with Gasteiger partial charge in [0, 0.05) is 28.1 Å². The number of carbonyl (C=O) groups excluding carboxylic acids is 1. The molecular formula is C14H15N3O. The van der Waals surface area contributed by atoms with Gasteiger partial charge in [-0.1, -0.05) is 18.2 Å². The Morgan fingerprint density at radius 3 is 3.00 bits per heavy atom. The number of aromatic nitrogens is 1. The summed E-state index contributed by atoms with van der Waals surface area (Å²) in [4.78, 5) is 14.7. The van der Waals surface area contributed by atoms with E-state index >= 15 is 0 Å². The number of aryl methyl sites for hydroxylation is 1. The molecule has 1 aliphatic rings. The van der Waals surface area contributed by atoms with Gasteiger partial charge in [0.1, 0.15) is 0 Å². The lowest BCUT2D eigenvalue weighted by atomic mass is 10.1. The van der Waals surface area contributed by atoms with Gasteiger partial charge in [0.05, 0.1) is 6.21 Å². The third-order valence-electron chi connectivity index (χ3n) is 3.26. The summed E-state index contributed by atoms with van der Waals surface area (Å²) in [6, 6.07) is 8.06. The molecule has 0 atom stereocenters. The molecular weight excluding hydrogens is 226 g/mol. The number of nitrogens with one attached hydrogen (secondary N) is 2. The molecule has 0 spiro atoms. The van der Waals surface area contributed by atoms with Crippen LogP contribution in [-0.2, 0) is 4.79 Å². The van der Waals surface area contributed by atoms with Crippen molar-refractivity contribution < 1.29 is 4.79 Å². The molecule has 1 aromatic carbocycles. The lowest BCUT2D eigenvalue weighted by molar-refractivity contribution is -0.122. The van der Waals surface area contributed by atoms with Gasteiger partial charge >= 0.3 is 0 Å². The van der Waals surface area contributed by atoms with Crippen LogP contribution >= 0.6 is 0 Å². The number of benzene rings is 1. The summed E-state index contributed by atoms with van der Waals surface area (Å²) in [6.45, 7) is 2.00. The highest BCUT2D eigenvalue weighted by Crippen LogP contribution is 2.28. The van der Waals surface area contributed by atoms with Gasteiger partial charge in [0.2, 0.25) is 5.91 Å². The predicted octanol–water partition coefficient (Wildman–Crippen LogP) is 2.34. The minimum absolute atomic E-state index is 0.0312. The molecule has 0 unspecified atom stereocenters. The van der Waals surface area contributed by atoms with Crippen molar-refractivity contribution in [3.8, 4) is 0 Å². The largest absolute Gasteiger partial charge is 0.358 e. The zero-order valence-corrected chi connectivity index (χ0v) is 10.2. The first-order valence-electron chi connectivity index (χ1n) is 6.16. The molecule has 3 rings (SSSR count). The molecule has 92 valence electrons. The Morgan fingerprint density at radius 2 is 2.22 bits per heavy atom. The normalized spacial score (nSPS) is 15.4. The quantitative estimate of drug-likeness (QED) is 0.629. The SMILES string of the molecule is Cc1[nH]c2ccccc2c1C=NNC(=O)C1CC1. The third-order valence-corrected chi connectivity index (χ3v) is 3.26. The van der Waals surface area contributed by atoms with Gasteiger partial charge in [-0.05, 0) is 25.8 Å². The van der Waals surface area contributed by atoms with Crippen molar-refractivity contribution in [3.63, 3.8) is 0 Å². The standard InChI is InChI=1S/C14H15N3O/c1-9-12(8-15-17-14(18)10-6-7-10)11-4-2-3-5-13(11)16-9/h2-5,8,10,16H,6-7H2,1H3,(H,17,18). The van der Waals surface area contributed by atoms with Gasteiger partial charge in [-0.2, -0.15) is 5.10 Å². The van der Waals surface area contributed by atoms with Crippen LogP contribution in [0.25, 0.3) is 10.9 Å². The predicted molar refractivity (Wildman–Crippen MR) is 71.5 cm³/mol. The number of aromatic amines is 1. The number of amides is 1. The first-order valence-corrected chi connectivity index (χ1v) is 6.16. The van der Waals surface area contributed by atoms with Crippen LogP contribution in [0.2, 0.25) is 0 Å². The van der Waals surface area contributed by atoms with Crippen molar-refractivity contribution >= 4 is 23.0 Å². The maximum Gasteiger partial charge on any atom is 0.243 e. The van der Waals surface area contributed by atoms with Crippen LogP contribution in [0, 0.1) is 12.8 Å². The van der Waals surface area contributed by atoms with E-state index in [1.165, 1.54) is 0 Å². The summed E-state index contributed by atoms with van der Waals surface area (Å²) in [5, 5.41) is 5.17. The summed E-state index contributed by atoms with van der Waals surface area (Å²) in [5.41, 5.74) is 5.76. The highest BCUT2D eigenvalue weighted by Gasteiger charge is 2.29. The first-order chi connectivity index (χ1) is 8.75. The number of para-hydroxylation sites is 1. The average molecular weight is 241 g/mol. The maximum absolute atomic E-state index is 11.4. The minimum Gasteiger partial charge on any atom is -0.358 e. The minimum atomic E-state index is 0.0312. The van der Waals surface area contributed by atoms with E-state index in [-0.39, 0.29) is 11.8 Å². The monoisotopic (exact) mass is 241 g/mol. The van der Waals surface area contributed by atoms with Gasteiger partial charge in [0.15, 0.2) is 0 Å². The fourth-order valence-corrected chi connectivity index (χ4v) is 2.06. The number of carbonyl (C=O) groups is 1. The fraction of sp³-hybridized carbons (Fsp3) is 0.286. The van der Waals surface area contributed by atoms with Gasteiger partial charge in [-0.25, -0.2) is 5.43 Å². The summed E-state index contributed by atoms with van der Waals surface area (Å²) < 4.78 is 0. The van der Waals surface area contributed by atoms with Crippen LogP contribution in [0.3, 0.4) is 0 Å². The topological polar surface area (TPSA) is 57.2 Å². The fourth-order valence-electron chi connectivity index (χ4n) is 2.06. The van der Waals surface area contributed by atoms with Gasteiger partial charge in [-0.3, -0.25) is 4.79 Å². The van der Waals surface area contributed by atoms with Crippen LogP contribution in [0.5, 0.6) is 0 Å². The van der Waals surface area contributed by atoms with Crippen molar-refractivity contribution in [3.05, 3.63) is 35.5 Å². The number of hydrogen-bond acceptors (Lipinski definition) is 2. The molecule has 18 heavy (non-hydrogen) atoms. The smallest absolute Gasteiger partial charge is 0.243 e. The van der Waals surface area contributed by atoms with Crippen molar-refractivity contribution in [1.29, 1.82) is 0 Å². The molecule has 2 N–H and O–H groups in total. The number of fused-ring (bicyclic) bond motifs is 1. The van der Waals surface area contributed by atoms with Crippen molar-refractivity contribution in [2.75, 3.05) is 0 Å². The van der Waals surface area contributed by atoms with Crippen LogP contribution in [0.1, 0.15) is 24.1 Å². The van der Waals surface area contributed by atoms with Gasteiger partial charge in [0.25, 0.3) is 0 Å². The van der Waals surface area contributed by atoms with Gasteiger partial charge in [-0.15, -0.1) is 0 Å². The summed E-state index contributed by atoms with van der Waals surface area (Å²) in [7, 11) is 0. The molecule has 1 amide bonds. The summed E-state index contributed by atoms with van der Waals surface area (Å²) >= 11 is 0. The molecule has 0 radical (unpaired) electrons. The van der Waals surface area contributed by atoms with E-state index in [2.05, 4.69) is 15.5 Å². The first kappa shape index (κ1) is 11.0. The van der Waals surface area contributed by atoms with Crippen molar-refractivity contribution in [1.82, 2.24) is 10.4 Å². The van der Waals surface area contributed by atoms with Crippen molar-refractivity contribution in [2.45, 2.75) is 19.8 Å². The number of hydrogen-bond donors (Lipinski definition) is 2. The molecule has 1 aliphatic carbocycles. The molecule has 0 bridgehead atoms. The Kier molecular flexibility index (Phi) is 2.63. The van der Waals surface area contributed by atoms with Crippen LogP contribution in [-0.4, -0.2) is 17.1 Å². The summed E-state index contributed by atoms with van der Waals surface area (Å²) in [5.74, 6) is 0.218. The van der Waals surface area contributed by atoms with E-state index < -0.39 is 0 Å². The Bertz CT molecular complexity index is 623. The number of H-pyrrole nitrogens is 1. The van der Waals surface area contributed by atoms with Gasteiger partial charge < -0.3 is 4.98 Å². The Labute approximate surface area is 105 Å². The zero-order valence-electron chi connectivity index (χ0n) is 10.2. The van der Waals surface area contributed by atoms with Crippen molar-refractivity contribution in [2.24, 2.45) is 11.0 Å². The molecule has 0 aliphatic heterocycles. The van der Waals surface area contributed by atoms with Crippen LogP contribution in [0.4, 0.5) is 0 Å². The molecule has 1 saturated carbocycles. The van der Waals surface area contributed by atoms with E-state index in [0.29, 0.717) is 0 Å². The van der Waals surface area contributed by atoms with Crippen LogP contribution in [0.15, 0.2) is 29.4 Å². The second kappa shape index (κ2) is 4.29. The second-order valence-electron chi connectivity index (χ2n) is 4.72. The van der Waals surface area contributed by atoms with E-state index in [4.69, 9.17) is 0 Å². The van der Waals surface area contributed by atoms with E-state index in [1.54, 1.807) is 6.21 Å². The average Bonchev–Trinajstić information content (AvgIpc) is 3.15. The van der Waals surface area contributed by atoms with Crippen LogP contribution < -0.4 is 5.43 Å². The number of rotatable bonds is 3. The lowest BCUT2D eigenvalue weighted by Gasteiger charge is -1.96. The molecule has 2 aromatic rings. The second-order valence-corrected chi connectivity index (χ2v) is 4.72. The Balaban J connectivity index is 1.82. The zero-order chi connectivity index (χ0) is 12.5. The number of hydrazone groups is 1. The maximum atomic E-state index is 11.4. The molecule has 4 nitrogen and oxygen atoms in total. The molecule has 1 heterocycles. The molecule has 4 heteroatoms. The van der Waals surface area contributed by atoms with E-state index in [9.17, 15) is 4.79 Å². The highest BCUT2D eigenvalue weighted by molar-refractivity contribution is 6.00.